The van der Waals surface area contributed by atoms with Crippen LogP contribution in [0.2, 0.25) is 0 Å². The number of nitrogens with one attached hydrogen (secondary N) is 1. The molecule has 0 fully saturated rings. The van der Waals surface area contributed by atoms with Crippen molar-refractivity contribution in [2.24, 2.45) is 10.8 Å². The highest BCUT2D eigenvalue weighted by atomic mass is 15.2. The van der Waals surface area contributed by atoms with Crippen molar-refractivity contribution >= 4 is 0 Å². The van der Waals surface area contributed by atoms with Gasteiger partial charge in [0.25, 0.3) is 0 Å². The Kier molecular flexibility index (Phi) is 1.28. The molecule has 1 unspecified atom stereocenters. The third kappa shape index (κ3) is 0.857. The number of hydrogen-bond acceptors (Lipinski definition) is 2. The lowest BCUT2D eigenvalue weighted by atomic mass is 10.2. The van der Waals surface area contributed by atoms with Crippen molar-refractivity contribution in [1.82, 2.24) is 0 Å². The Morgan fingerprint density at radius 1 is 2.00 bits per heavy atom. The van der Waals surface area contributed by atoms with Crippen LogP contribution < -0.4 is 10.8 Å². The van der Waals surface area contributed by atoms with Crippen molar-refractivity contribution in [2.45, 2.75) is 19.4 Å². The average Bonchev–Trinajstić information content (AvgIpc) is 2.14. The number of azo groups is 1. The Morgan fingerprint density at radius 3 is 3.00 bits per heavy atom. The molecule has 1 aliphatic heterocycles. The van der Waals surface area contributed by atoms with Gasteiger partial charge in [-0.05, 0) is 0 Å². The molecule has 0 spiro atoms. The van der Waals surface area contributed by atoms with Crippen LogP contribution in [0.3, 0.4) is 0 Å². The molecule has 0 saturated heterocycles. The Bertz CT molecular complexity index is 137. The topological polar surface area (TPSA) is 52.3 Å². The van der Waals surface area contributed by atoms with E-state index in [1.165, 1.54) is 0 Å². The molecule has 0 amide bonds. The molecule has 3 heteroatoms. The van der Waals surface area contributed by atoms with Crippen LogP contribution in [0.15, 0.2) is 17.0 Å². The Morgan fingerprint density at radius 2 is 2.75 bits per heavy atom. The van der Waals surface area contributed by atoms with Gasteiger partial charge in [0.15, 0.2) is 11.9 Å². The summed E-state index contributed by atoms with van der Waals surface area (Å²) in [6.45, 7) is 2.09. The third-order valence-electron chi connectivity index (χ3n) is 1.17. The molecule has 3 N–H and O–H groups in total. The van der Waals surface area contributed by atoms with E-state index in [0.717, 1.165) is 6.42 Å². The van der Waals surface area contributed by atoms with Gasteiger partial charge >= 0.3 is 0 Å². The molecular formula is C5H10N3+. The lowest BCUT2D eigenvalue weighted by Crippen LogP contribution is -2.70. The Balaban J connectivity index is 2.55. The van der Waals surface area contributed by atoms with Crippen LogP contribution in [0.5, 0.6) is 0 Å². The summed E-state index contributed by atoms with van der Waals surface area (Å²) in [5.41, 5.74) is 5.33. The van der Waals surface area contributed by atoms with Gasteiger partial charge in [-0.1, -0.05) is 6.92 Å². The molecule has 44 valence electrons. The molecule has 1 aliphatic rings. The fourth-order valence-corrected chi connectivity index (χ4v) is 0.647. The molecule has 0 aromatic heterocycles. The summed E-state index contributed by atoms with van der Waals surface area (Å²) in [5, 5.41) is 6.64. The SMILES string of the molecule is CCC1C=C(N)N=[NH+]1. The fourth-order valence-electron chi connectivity index (χ4n) is 0.647. The first-order valence-electron chi connectivity index (χ1n) is 2.76. The van der Waals surface area contributed by atoms with Crippen LogP contribution in [-0.2, 0) is 0 Å². The zero-order chi connectivity index (χ0) is 5.98. The maximum absolute atomic E-state index is 5.33. The van der Waals surface area contributed by atoms with E-state index in [1.807, 2.05) is 6.08 Å². The van der Waals surface area contributed by atoms with Gasteiger partial charge in [-0.2, -0.15) is 0 Å². The maximum atomic E-state index is 5.33. The van der Waals surface area contributed by atoms with Gasteiger partial charge in [0.1, 0.15) is 0 Å². The number of rotatable bonds is 1. The van der Waals surface area contributed by atoms with E-state index in [0.29, 0.717) is 11.9 Å². The van der Waals surface area contributed by atoms with Crippen molar-refractivity contribution < 1.29 is 5.11 Å². The molecule has 1 heterocycles. The van der Waals surface area contributed by atoms with Crippen LogP contribution in [0.1, 0.15) is 13.3 Å². The van der Waals surface area contributed by atoms with Gasteiger partial charge in [0.2, 0.25) is 0 Å². The van der Waals surface area contributed by atoms with Gasteiger partial charge in [0.05, 0.1) is 0 Å². The van der Waals surface area contributed by atoms with Crippen molar-refractivity contribution in [2.75, 3.05) is 0 Å². The molecule has 0 aliphatic carbocycles. The highest BCUT2D eigenvalue weighted by molar-refractivity contribution is 4.98. The Hall–Kier alpha value is -0.860. The van der Waals surface area contributed by atoms with Crippen LogP contribution in [0.4, 0.5) is 0 Å². The molecule has 0 bridgehead atoms. The average molecular weight is 112 g/mol. The predicted molar refractivity (Wildman–Crippen MR) is 29.7 cm³/mol. The van der Waals surface area contributed by atoms with E-state index in [4.69, 9.17) is 5.73 Å². The molecule has 0 aromatic carbocycles. The summed E-state index contributed by atoms with van der Waals surface area (Å²) in [6.07, 6.45) is 2.96. The predicted octanol–water partition coefficient (Wildman–Crippen LogP) is -0.888. The first-order valence-corrected chi connectivity index (χ1v) is 2.76. The van der Waals surface area contributed by atoms with E-state index in [-0.39, 0.29) is 0 Å². The summed E-state index contributed by atoms with van der Waals surface area (Å²) in [4.78, 5) is 0. The van der Waals surface area contributed by atoms with Crippen LogP contribution >= 0.6 is 0 Å². The summed E-state index contributed by atoms with van der Waals surface area (Å²) >= 11 is 0. The van der Waals surface area contributed by atoms with Gasteiger partial charge < -0.3 is 5.73 Å². The molecule has 0 radical (unpaired) electrons. The van der Waals surface area contributed by atoms with Gasteiger partial charge in [0, 0.05) is 17.6 Å². The molecule has 3 nitrogen and oxygen atoms in total. The van der Waals surface area contributed by atoms with E-state index in [2.05, 4.69) is 17.2 Å². The first-order chi connectivity index (χ1) is 3.83. The van der Waals surface area contributed by atoms with E-state index < -0.39 is 0 Å². The summed E-state index contributed by atoms with van der Waals surface area (Å²) in [7, 11) is 0. The standard InChI is InChI=1S/C5H9N3/c1-2-4-3-5(6)8-7-4/h3-4H,2,6H2,1H3/p+1. The molecule has 0 aromatic rings. The first kappa shape index (κ1) is 5.28. The molecule has 0 saturated carbocycles. The smallest absolute Gasteiger partial charge is 0.198 e. The highest BCUT2D eigenvalue weighted by Gasteiger charge is 2.12. The van der Waals surface area contributed by atoms with E-state index >= 15 is 0 Å². The minimum atomic E-state index is 0.370. The van der Waals surface area contributed by atoms with Crippen LogP contribution in [0.25, 0.3) is 0 Å². The van der Waals surface area contributed by atoms with Crippen LogP contribution in [0, 0.1) is 0 Å². The van der Waals surface area contributed by atoms with Gasteiger partial charge in [-0.15, -0.1) is 5.11 Å². The van der Waals surface area contributed by atoms with Crippen LogP contribution in [-0.4, -0.2) is 6.04 Å². The second-order valence-electron chi connectivity index (χ2n) is 1.85. The quantitative estimate of drug-likeness (QED) is 0.454. The van der Waals surface area contributed by atoms with Gasteiger partial charge in [-0.25, -0.2) is 0 Å². The summed E-state index contributed by atoms with van der Waals surface area (Å²) in [6, 6.07) is 0.370. The number of nitrogens with two attached hydrogens (primary N) is 1. The molecular weight excluding hydrogens is 102 g/mol. The lowest BCUT2D eigenvalue weighted by molar-refractivity contribution is -0.551. The number of hydrogen-bond donors (Lipinski definition) is 2. The number of nitrogens with zero attached hydrogens (tertiary/aromatic N) is 1. The largest absolute Gasteiger partial charge is 0.379 e. The third-order valence-corrected chi connectivity index (χ3v) is 1.17. The van der Waals surface area contributed by atoms with E-state index in [1.54, 1.807) is 0 Å². The van der Waals surface area contributed by atoms with Crippen molar-refractivity contribution in [3.63, 3.8) is 0 Å². The second-order valence-corrected chi connectivity index (χ2v) is 1.85. The maximum Gasteiger partial charge on any atom is 0.198 e. The highest BCUT2D eigenvalue weighted by Crippen LogP contribution is 1.94. The lowest BCUT2D eigenvalue weighted by Gasteiger charge is -1.84. The molecule has 1 rings (SSSR count). The van der Waals surface area contributed by atoms with E-state index in [9.17, 15) is 0 Å². The monoisotopic (exact) mass is 112 g/mol. The molecule has 8 heavy (non-hydrogen) atoms. The van der Waals surface area contributed by atoms with Crippen molar-refractivity contribution in [3.05, 3.63) is 11.9 Å². The second kappa shape index (κ2) is 1.94. The van der Waals surface area contributed by atoms with Gasteiger partial charge in [-0.3, -0.25) is 0 Å². The molecule has 1 atom stereocenters. The summed E-state index contributed by atoms with van der Waals surface area (Å²) < 4.78 is 0. The fraction of sp³-hybridized carbons (Fsp3) is 0.600. The normalized spacial score (nSPS) is 26.1. The summed E-state index contributed by atoms with van der Waals surface area (Å²) in [5.74, 6) is 0.608. The zero-order valence-corrected chi connectivity index (χ0v) is 4.89. The zero-order valence-electron chi connectivity index (χ0n) is 4.89. The Labute approximate surface area is 48.3 Å². The van der Waals surface area contributed by atoms with Crippen molar-refractivity contribution in [1.29, 1.82) is 0 Å². The minimum absolute atomic E-state index is 0.370. The minimum Gasteiger partial charge on any atom is -0.379 e. The van der Waals surface area contributed by atoms with Crippen molar-refractivity contribution in [3.8, 4) is 0 Å².